The van der Waals surface area contributed by atoms with E-state index >= 15 is 0 Å². The smallest absolute Gasteiger partial charge is 0.326 e. The van der Waals surface area contributed by atoms with Gasteiger partial charge >= 0.3 is 12.0 Å². The second kappa shape index (κ2) is 7.61. The van der Waals surface area contributed by atoms with Crippen molar-refractivity contribution < 1.29 is 14.7 Å². The van der Waals surface area contributed by atoms with Crippen LogP contribution >= 0.6 is 0 Å². The molecule has 1 aromatic heterocycles. The highest BCUT2D eigenvalue weighted by Crippen LogP contribution is 2.06. The first-order valence-electron chi connectivity index (χ1n) is 7.06. The third-order valence-corrected chi connectivity index (χ3v) is 3.18. The molecular formula is C15H23N3O3. The first kappa shape index (κ1) is 16.9. The minimum absolute atomic E-state index is 0.178. The maximum atomic E-state index is 12.2. The van der Waals surface area contributed by atoms with Crippen molar-refractivity contribution in [2.75, 3.05) is 6.54 Å². The van der Waals surface area contributed by atoms with Gasteiger partial charge in [0.15, 0.2) is 0 Å². The topological polar surface area (TPSA) is 82.5 Å². The molecule has 6 nitrogen and oxygen atoms in total. The van der Waals surface area contributed by atoms with Gasteiger partial charge in [-0.15, -0.1) is 0 Å². The first-order chi connectivity index (χ1) is 9.85. The summed E-state index contributed by atoms with van der Waals surface area (Å²) < 4.78 is 0. The number of carbonyl (C=O) groups excluding carboxylic acids is 1. The fourth-order valence-electron chi connectivity index (χ4n) is 1.95. The number of aromatic nitrogens is 1. The maximum Gasteiger partial charge on any atom is 0.326 e. The Labute approximate surface area is 125 Å². The highest BCUT2D eigenvalue weighted by Gasteiger charge is 2.25. The zero-order valence-electron chi connectivity index (χ0n) is 13.0. The Morgan fingerprint density at radius 2 is 2.05 bits per heavy atom. The van der Waals surface area contributed by atoms with Gasteiger partial charge in [-0.1, -0.05) is 19.9 Å². The predicted molar refractivity (Wildman–Crippen MR) is 79.9 cm³/mol. The summed E-state index contributed by atoms with van der Waals surface area (Å²) in [6, 6.07) is 4.34. The molecular weight excluding hydrogens is 270 g/mol. The van der Waals surface area contributed by atoms with E-state index in [0.717, 1.165) is 11.4 Å². The lowest BCUT2D eigenvalue weighted by molar-refractivity contribution is -0.140. The third-order valence-electron chi connectivity index (χ3n) is 3.18. The van der Waals surface area contributed by atoms with Gasteiger partial charge < -0.3 is 15.3 Å². The van der Waals surface area contributed by atoms with Crippen LogP contribution in [-0.2, 0) is 11.3 Å². The number of hydrogen-bond acceptors (Lipinski definition) is 3. The number of nitrogens with one attached hydrogen (secondary N) is 1. The molecule has 0 aliphatic rings. The monoisotopic (exact) mass is 293 g/mol. The summed E-state index contributed by atoms with van der Waals surface area (Å²) in [4.78, 5) is 29.2. The van der Waals surface area contributed by atoms with Gasteiger partial charge in [0, 0.05) is 12.2 Å². The van der Waals surface area contributed by atoms with Crippen LogP contribution in [0.5, 0.6) is 0 Å². The maximum absolute atomic E-state index is 12.2. The summed E-state index contributed by atoms with van der Waals surface area (Å²) in [6.45, 7) is 8.09. The molecule has 1 heterocycles. The van der Waals surface area contributed by atoms with Crippen LogP contribution < -0.4 is 5.32 Å². The number of pyridine rings is 1. The zero-order chi connectivity index (χ0) is 16.0. The van der Waals surface area contributed by atoms with Crippen molar-refractivity contribution in [1.29, 1.82) is 0 Å². The summed E-state index contributed by atoms with van der Waals surface area (Å²) in [5.74, 6) is -1.20. The van der Waals surface area contributed by atoms with Crippen LogP contribution in [0.1, 0.15) is 32.2 Å². The van der Waals surface area contributed by atoms with E-state index in [1.165, 1.54) is 0 Å². The lowest BCUT2D eigenvalue weighted by Gasteiger charge is -2.25. The largest absolute Gasteiger partial charge is 0.480 e. The lowest BCUT2D eigenvalue weighted by atomic mass is 10.1. The van der Waals surface area contributed by atoms with Crippen LogP contribution in [0.2, 0.25) is 0 Å². The molecule has 0 spiro atoms. The van der Waals surface area contributed by atoms with Crippen LogP contribution in [0, 0.1) is 12.8 Å². The number of carboxylic acid groups (broad SMARTS) is 1. The lowest BCUT2D eigenvalue weighted by Crippen LogP contribution is -2.49. The fourth-order valence-corrected chi connectivity index (χ4v) is 1.95. The average molecular weight is 293 g/mol. The minimum Gasteiger partial charge on any atom is -0.480 e. The van der Waals surface area contributed by atoms with Gasteiger partial charge in [-0.2, -0.15) is 0 Å². The van der Waals surface area contributed by atoms with Gasteiger partial charge in [-0.25, -0.2) is 9.59 Å². The van der Waals surface area contributed by atoms with Gasteiger partial charge in [0.1, 0.15) is 6.04 Å². The van der Waals surface area contributed by atoms with Gasteiger partial charge in [0.25, 0.3) is 0 Å². The van der Waals surface area contributed by atoms with Gasteiger partial charge in [-0.3, -0.25) is 4.98 Å². The first-order valence-corrected chi connectivity index (χ1v) is 7.06. The number of hydrogen-bond donors (Lipinski definition) is 2. The van der Waals surface area contributed by atoms with Crippen molar-refractivity contribution in [2.24, 2.45) is 5.92 Å². The number of aryl methyl sites for hydroxylation is 1. The molecule has 0 aromatic carbocycles. The standard InChI is InChI=1S/C15H23N3O3/c1-5-18(9-12-8-6-7-11(4)16-12)15(21)17-13(10(2)3)14(19)20/h6-8,10,13H,5,9H2,1-4H3,(H,17,21)(H,19,20)/t13-/m1/s1. The summed E-state index contributed by atoms with van der Waals surface area (Å²) in [5, 5.41) is 11.7. The normalized spacial score (nSPS) is 12.0. The van der Waals surface area contributed by atoms with E-state index in [2.05, 4.69) is 10.3 Å². The third kappa shape index (κ3) is 5.06. The van der Waals surface area contributed by atoms with E-state index in [-0.39, 0.29) is 11.9 Å². The number of amides is 2. The fraction of sp³-hybridized carbons (Fsp3) is 0.533. The van der Waals surface area contributed by atoms with E-state index in [1.807, 2.05) is 32.0 Å². The van der Waals surface area contributed by atoms with Crippen LogP contribution in [0.25, 0.3) is 0 Å². The Morgan fingerprint density at radius 3 is 2.52 bits per heavy atom. The van der Waals surface area contributed by atoms with E-state index < -0.39 is 12.0 Å². The molecule has 0 saturated carbocycles. The van der Waals surface area contributed by atoms with Gasteiger partial charge in [0.05, 0.1) is 12.2 Å². The Morgan fingerprint density at radius 1 is 1.38 bits per heavy atom. The summed E-state index contributed by atoms with van der Waals surface area (Å²) in [6.07, 6.45) is 0. The van der Waals surface area contributed by atoms with Crippen molar-refractivity contribution in [3.8, 4) is 0 Å². The van der Waals surface area contributed by atoms with Crippen LogP contribution in [-0.4, -0.2) is 39.6 Å². The molecule has 0 bridgehead atoms. The second-order valence-corrected chi connectivity index (χ2v) is 5.29. The molecule has 0 aliphatic carbocycles. The van der Waals surface area contributed by atoms with E-state index in [4.69, 9.17) is 5.11 Å². The molecule has 0 unspecified atom stereocenters. The summed E-state index contributed by atoms with van der Waals surface area (Å²) in [7, 11) is 0. The van der Waals surface area contributed by atoms with Crippen molar-refractivity contribution in [1.82, 2.24) is 15.2 Å². The Hall–Kier alpha value is -2.11. The van der Waals surface area contributed by atoms with Crippen LogP contribution in [0.15, 0.2) is 18.2 Å². The number of aliphatic carboxylic acids is 1. The van der Waals surface area contributed by atoms with Crippen molar-refractivity contribution in [2.45, 2.75) is 40.3 Å². The number of urea groups is 1. The molecule has 21 heavy (non-hydrogen) atoms. The number of nitrogens with zero attached hydrogens (tertiary/aromatic N) is 2. The van der Waals surface area contributed by atoms with Gasteiger partial charge in [0.2, 0.25) is 0 Å². The van der Waals surface area contributed by atoms with Crippen molar-refractivity contribution in [3.05, 3.63) is 29.6 Å². The van der Waals surface area contributed by atoms with Gasteiger partial charge in [-0.05, 0) is 31.9 Å². The summed E-state index contributed by atoms with van der Waals surface area (Å²) in [5.41, 5.74) is 1.66. The molecule has 1 aromatic rings. The Kier molecular flexibility index (Phi) is 6.14. The molecule has 0 saturated heterocycles. The number of rotatable bonds is 6. The minimum atomic E-state index is -1.02. The predicted octanol–water partition coefficient (Wildman–Crippen LogP) is 2.03. The highest BCUT2D eigenvalue weighted by atomic mass is 16.4. The van der Waals surface area contributed by atoms with Crippen molar-refractivity contribution in [3.63, 3.8) is 0 Å². The van der Waals surface area contributed by atoms with Crippen LogP contribution in [0.4, 0.5) is 4.79 Å². The molecule has 2 N–H and O–H groups in total. The molecule has 6 heteroatoms. The Bertz CT molecular complexity index is 503. The summed E-state index contributed by atoms with van der Waals surface area (Å²) >= 11 is 0. The molecule has 2 amide bonds. The average Bonchev–Trinajstić information content (AvgIpc) is 2.41. The molecule has 1 rings (SSSR count). The SMILES string of the molecule is CCN(Cc1cccc(C)n1)C(=O)N[C@@H](C(=O)O)C(C)C. The molecule has 0 fully saturated rings. The molecule has 116 valence electrons. The molecule has 0 aliphatic heterocycles. The molecule has 0 radical (unpaired) electrons. The number of carbonyl (C=O) groups is 2. The quantitative estimate of drug-likeness (QED) is 0.840. The molecule has 1 atom stereocenters. The highest BCUT2D eigenvalue weighted by molar-refractivity contribution is 5.82. The van der Waals surface area contributed by atoms with E-state index in [9.17, 15) is 9.59 Å². The number of carboxylic acids is 1. The van der Waals surface area contributed by atoms with Crippen LogP contribution in [0.3, 0.4) is 0 Å². The van der Waals surface area contributed by atoms with E-state index in [0.29, 0.717) is 13.1 Å². The van der Waals surface area contributed by atoms with E-state index in [1.54, 1.807) is 18.7 Å². The zero-order valence-corrected chi connectivity index (χ0v) is 13.0. The Balaban J connectivity index is 2.75. The second-order valence-electron chi connectivity index (χ2n) is 5.29. The van der Waals surface area contributed by atoms with Crippen molar-refractivity contribution >= 4 is 12.0 Å².